The van der Waals surface area contributed by atoms with Crippen molar-refractivity contribution in [3.63, 3.8) is 0 Å². The molecule has 0 rings (SSSR count). The van der Waals surface area contributed by atoms with Crippen LogP contribution in [0.15, 0.2) is 0 Å². The van der Waals surface area contributed by atoms with Crippen LogP contribution in [-0.2, 0) is 0 Å². The second-order valence-electron chi connectivity index (χ2n) is 1.97. The fraction of sp³-hybridized carbons (Fsp3) is 1.00. The lowest BCUT2D eigenvalue weighted by molar-refractivity contribution is -0.0519. The van der Waals surface area contributed by atoms with E-state index in [1.54, 1.807) is 0 Å². The Morgan fingerprint density at radius 2 is 1.38 bits per heavy atom. The van der Waals surface area contributed by atoms with Crippen LogP contribution in [0.4, 0.5) is 13.2 Å². The van der Waals surface area contributed by atoms with E-state index in [2.05, 4.69) is 15.3 Å². The number of rotatable bonds is 0. The molecule has 0 aromatic heterocycles. The van der Waals surface area contributed by atoms with Crippen molar-refractivity contribution in [3.8, 4) is 0 Å². The van der Waals surface area contributed by atoms with E-state index >= 15 is 0 Å². The maximum atomic E-state index is 11.6. The summed E-state index contributed by atoms with van der Waals surface area (Å²) in [7, 11) is 0. The lowest BCUT2D eigenvalue weighted by Crippen LogP contribution is -2.37. The summed E-state index contributed by atoms with van der Waals surface area (Å²) in [6, 6.07) is 0. The molecule has 0 spiro atoms. The predicted molar refractivity (Wildman–Crippen MR) is 32.5 cm³/mol. The molecular formula is C3H6BrF3Si. The SMILES string of the molecule is C[Si](C)(Br)C(F)(F)F. The van der Waals surface area contributed by atoms with Crippen molar-refractivity contribution in [2.45, 2.75) is 18.9 Å². The zero-order chi connectivity index (χ0) is 7.00. The first kappa shape index (κ1) is 8.49. The van der Waals surface area contributed by atoms with E-state index in [0.717, 1.165) is 0 Å². The Balaban J connectivity index is 4.02. The Morgan fingerprint density at radius 1 is 1.25 bits per heavy atom. The number of hydrogen-bond donors (Lipinski definition) is 0. The van der Waals surface area contributed by atoms with Gasteiger partial charge in [-0.2, -0.15) is 13.2 Å². The molecular weight excluding hydrogens is 201 g/mol. The van der Waals surface area contributed by atoms with Crippen LogP contribution in [0.1, 0.15) is 0 Å². The average Bonchev–Trinajstić information content (AvgIpc) is 1.25. The van der Waals surface area contributed by atoms with Crippen LogP contribution < -0.4 is 0 Å². The van der Waals surface area contributed by atoms with E-state index in [9.17, 15) is 13.2 Å². The second kappa shape index (κ2) is 2.02. The molecule has 0 aliphatic heterocycles. The Morgan fingerprint density at radius 3 is 1.38 bits per heavy atom. The third kappa shape index (κ3) is 2.17. The smallest absolute Gasteiger partial charge is 0.176 e. The first-order valence-corrected chi connectivity index (χ1v) is 7.26. The molecule has 0 radical (unpaired) electrons. The van der Waals surface area contributed by atoms with E-state index in [1.165, 1.54) is 13.1 Å². The van der Waals surface area contributed by atoms with E-state index < -0.39 is 12.5 Å². The molecule has 0 unspecified atom stereocenters. The molecule has 5 heteroatoms. The molecule has 0 aliphatic rings. The van der Waals surface area contributed by atoms with E-state index in [0.29, 0.717) is 0 Å². The zero-order valence-electron chi connectivity index (χ0n) is 4.51. The Bertz CT molecular complexity index is 69.5. The van der Waals surface area contributed by atoms with Gasteiger partial charge in [-0.05, 0) is 0 Å². The number of alkyl halides is 3. The molecule has 0 saturated carbocycles. The van der Waals surface area contributed by atoms with Gasteiger partial charge in [0.15, 0.2) is 0 Å². The van der Waals surface area contributed by atoms with Crippen molar-refractivity contribution >= 4 is 22.0 Å². The summed E-state index contributed by atoms with van der Waals surface area (Å²) in [6.45, 7) is -0.644. The molecule has 0 aromatic carbocycles. The van der Waals surface area contributed by atoms with Crippen LogP contribution in [-0.4, -0.2) is 12.5 Å². The van der Waals surface area contributed by atoms with Crippen LogP contribution in [0.25, 0.3) is 0 Å². The fourth-order valence-corrected chi connectivity index (χ4v) is 0. The molecule has 0 aliphatic carbocycles. The fourth-order valence-electron chi connectivity index (χ4n) is 0. The maximum absolute atomic E-state index is 11.6. The number of hydrogen-bond acceptors (Lipinski definition) is 0. The minimum atomic E-state index is -4.01. The molecule has 8 heavy (non-hydrogen) atoms. The lowest BCUT2D eigenvalue weighted by Gasteiger charge is -2.16. The molecule has 0 amide bonds. The minimum Gasteiger partial charge on any atom is -0.176 e. The third-order valence-corrected chi connectivity index (χ3v) is 3.37. The summed E-state index contributed by atoms with van der Waals surface area (Å²) in [4.78, 5) is 0. The average molecular weight is 207 g/mol. The lowest BCUT2D eigenvalue weighted by atomic mass is 11.5. The highest BCUT2D eigenvalue weighted by Crippen LogP contribution is 2.32. The maximum Gasteiger partial charge on any atom is 0.372 e. The molecule has 0 atom stereocenters. The number of halogens is 4. The van der Waals surface area contributed by atoms with E-state index in [-0.39, 0.29) is 0 Å². The topological polar surface area (TPSA) is 0 Å². The largest absolute Gasteiger partial charge is 0.372 e. The summed E-state index contributed by atoms with van der Waals surface area (Å²) >= 11 is 2.61. The van der Waals surface area contributed by atoms with Crippen LogP contribution in [0.5, 0.6) is 0 Å². The van der Waals surface area contributed by atoms with Gasteiger partial charge in [0.1, 0.15) is 0 Å². The van der Waals surface area contributed by atoms with Gasteiger partial charge < -0.3 is 0 Å². The van der Waals surface area contributed by atoms with Gasteiger partial charge in [-0.15, -0.1) is 15.3 Å². The first-order valence-electron chi connectivity index (χ1n) is 2.01. The molecule has 0 saturated heterocycles. The monoisotopic (exact) mass is 206 g/mol. The Labute approximate surface area is 54.7 Å². The Kier molecular flexibility index (Phi) is 2.14. The molecule has 0 nitrogen and oxygen atoms in total. The standard InChI is InChI=1S/C3H6BrF3Si/c1-8(2,4)3(5,6)7/h1-2H3. The minimum absolute atomic E-state index is 1.20. The quantitative estimate of drug-likeness (QED) is 0.423. The zero-order valence-corrected chi connectivity index (χ0v) is 7.10. The highest BCUT2D eigenvalue weighted by molar-refractivity contribution is 9.26. The first-order chi connectivity index (χ1) is 3.25. The molecule has 0 fully saturated rings. The van der Waals surface area contributed by atoms with Crippen LogP contribution in [0, 0.1) is 0 Å². The van der Waals surface area contributed by atoms with Crippen molar-refractivity contribution in [1.29, 1.82) is 0 Å². The third-order valence-electron chi connectivity index (χ3n) is 0.674. The van der Waals surface area contributed by atoms with Crippen molar-refractivity contribution in [2.75, 3.05) is 0 Å². The predicted octanol–water partition coefficient (Wildman–Crippen LogP) is 2.69. The highest BCUT2D eigenvalue weighted by atomic mass is 79.9. The van der Waals surface area contributed by atoms with E-state index in [1.807, 2.05) is 0 Å². The highest BCUT2D eigenvalue weighted by Gasteiger charge is 2.47. The van der Waals surface area contributed by atoms with Crippen LogP contribution in [0.2, 0.25) is 13.1 Å². The summed E-state index contributed by atoms with van der Waals surface area (Å²) in [5, 5.41) is 0. The van der Waals surface area contributed by atoms with Gasteiger partial charge in [-0.1, -0.05) is 13.1 Å². The van der Waals surface area contributed by atoms with Gasteiger partial charge in [0.05, 0.1) is 0 Å². The van der Waals surface area contributed by atoms with E-state index in [4.69, 9.17) is 0 Å². The van der Waals surface area contributed by atoms with Gasteiger partial charge in [-0.3, -0.25) is 0 Å². The summed E-state index contributed by atoms with van der Waals surface area (Å²) < 4.78 is 34.7. The Hall–Kier alpha value is 0.487. The molecule has 50 valence electrons. The summed E-state index contributed by atoms with van der Waals surface area (Å²) in [5.74, 6) is -4.01. The van der Waals surface area contributed by atoms with Gasteiger partial charge >= 0.3 is 5.80 Å². The van der Waals surface area contributed by atoms with Crippen molar-refractivity contribution in [2.24, 2.45) is 0 Å². The molecule has 0 bridgehead atoms. The van der Waals surface area contributed by atoms with Crippen LogP contribution >= 0.6 is 15.3 Å². The normalized spacial score (nSPS) is 14.2. The van der Waals surface area contributed by atoms with Crippen molar-refractivity contribution < 1.29 is 13.2 Å². The van der Waals surface area contributed by atoms with Crippen LogP contribution in [0.3, 0.4) is 0 Å². The molecule has 0 heterocycles. The van der Waals surface area contributed by atoms with Gasteiger partial charge in [0, 0.05) is 0 Å². The summed E-state index contributed by atoms with van der Waals surface area (Å²) in [5.41, 5.74) is 0. The second-order valence-corrected chi connectivity index (χ2v) is 11.4. The van der Waals surface area contributed by atoms with Crippen molar-refractivity contribution in [1.82, 2.24) is 0 Å². The van der Waals surface area contributed by atoms with Gasteiger partial charge in [0.25, 0.3) is 0 Å². The van der Waals surface area contributed by atoms with Crippen molar-refractivity contribution in [3.05, 3.63) is 0 Å². The van der Waals surface area contributed by atoms with Gasteiger partial charge in [0.2, 0.25) is 6.69 Å². The summed E-state index contributed by atoms with van der Waals surface area (Å²) in [6.07, 6.45) is 0. The molecule has 0 aromatic rings. The van der Waals surface area contributed by atoms with Gasteiger partial charge in [-0.25, -0.2) is 0 Å². The molecule has 0 N–H and O–H groups in total.